The van der Waals surface area contributed by atoms with Gasteiger partial charge in [-0.15, -0.1) is 37.2 Å². The number of hydrogen-bond donors (Lipinski definition) is 2. The van der Waals surface area contributed by atoms with E-state index in [4.69, 9.17) is 4.98 Å². The van der Waals surface area contributed by atoms with E-state index in [1.165, 1.54) is 23.7 Å². The van der Waals surface area contributed by atoms with Crippen molar-refractivity contribution >= 4 is 77.2 Å². The van der Waals surface area contributed by atoms with Gasteiger partial charge in [-0.2, -0.15) is 0 Å². The normalized spacial score (nSPS) is 12.8. The van der Waals surface area contributed by atoms with Gasteiger partial charge >= 0.3 is 5.97 Å². The number of hydrogen-bond acceptors (Lipinski definition) is 5. The van der Waals surface area contributed by atoms with E-state index in [2.05, 4.69) is 47.2 Å². The van der Waals surface area contributed by atoms with Crippen molar-refractivity contribution in [2.45, 2.75) is 20.8 Å². The molecule has 2 N–H and O–H groups in total. The summed E-state index contributed by atoms with van der Waals surface area (Å²) >= 11 is 0. The van der Waals surface area contributed by atoms with Crippen LogP contribution in [0.2, 0.25) is 0 Å². The van der Waals surface area contributed by atoms with Gasteiger partial charge in [0.1, 0.15) is 5.82 Å². The minimum Gasteiger partial charge on any atom is -0.478 e. The lowest BCUT2D eigenvalue weighted by Crippen LogP contribution is -2.47. The molecule has 2 heterocycles. The molecule has 0 saturated carbocycles. The molecule has 184 valence electrons. The Morgan fingerprint density at radius 3 is 2.21 bits per heavy atom. The summed E-state index contributed by atoms with van der Waals surface area (Å²) in [6.07, 6.45) is 0. The SMILES string of the molecule is CC(=O)Nc1ccc2nc(N3CCN(c4cccc(C)c4C)CC3)cc(C(=O)O)c2c1.Cl.Cl.Cl. The first-order valence-corrected chi connectivity index (χ1v) is 10.4. The molecular formula is C24H29Cl3N4O3. The molecule has 4 rings (SSSR count). The summed E-state index contributed by atoms with van der Waals surface area (Å²) < 4.78 is 0. The number of carbonyl (C=O) groups is 2. The molecule has 3 aromatic rings. The Morgan fingerprint density at radius 1 is 0.941 bits per heavy atom. The van der Waals surface area contributed by atoms with E-state index < -0.39 is 5.97 Å². The second-order valence-electron chi connectivity index (χ2n) is 7.94. The first kappa shape index (κ1) is 29.3. The van der Waals surface area contributed by atoms with Gasteiger partial charge in [-0.25, -0.2) is 9.78 Å². The Kier molecular flexibility index (Phi) is 10.4. The summed E-state index contributed by atoms with van der Waals surface area (Å²) in [5, 5.41) is 13.0. The zero-order valence-electron chi connectivity index (χ0n) is 19.2. The number of aryl methyl sites for hydroxylation is 1. The molecule has 0 unspecified atom stereocenters. The van der Waals surface area contributed by atoms with Gasteiger partial charge < -0.3 is 20.2 Å². The number of aromatic nitrogens is 1. The molecule has 0 atom stereocenters. The van der Waals surface area contributed by atoms with Crippen molar-refractivity contribution in [3.8, 4) is 0 Å². The number of carbonyl (C=O) groups excluding carboxylic acids is 1. The fourth-order valence-corrected chi connectivity index (χ4v) is 4.09. The van der Waals surface area contributed by atoms with Gasteiger partial charge in [0.05, 0.1) is 11.1 Å². The van der Waals surface area contributed by atoms with Crippen LogP contribution in [0, 0.1) is 13.8 Å². The number of halogens is 3. The van der Waals surface area contributed by atoms with Crippen molar-refractivity contribution in [3.05, 3.63) is 59.2 Å². The van der Waals surface area contributed by atoms with Crippen LogP contribution in [-0.4, -0.2) is 48.1 Å². The molecule has 0 radical (unpaired) electrons. The van der Waals surface area contributed by atoms with E-state index in [1.54, 1.807) is 24.3 Å². The molecule has 0 aliphatic carbocycles. The minimum atomic E-state index is -1.01. The molecule has 34 heavy (non-hydrogen) atoms. The van der Waals surface area contributed by atoms with Crippen molar-refractivity contribution in [2.24, 2.45) is 0 Å². The molecule has 1 saturated heterocycles. The molecule has 0 spiro atoms. The molecule has 7 nitrogen and oxygen atoms in total. The van der Waals surface area contributed by atoms with Crippen molar-refractivity contribution in [1.82, 2.24) is 4.98 Å². The number of carboxylic acids is 1. The van der Waals surface area contributed by atoms with Crippen LogP contribution in [0.1, 0.15) is 28.4 Å². The number of anilines is 3. The summed E-state index contributed by atoms with van der Waals surface area (Å²) in [7, 11) is 0. The van der Waals surface area contributed by atoms with Crippen molar-refractivity contribution in [1.29, 1.82) is 0 Å². The number of fused-ring (bicyclic) bond motifs is 1. The van der Waals surface area contributed by atoms with Crippen LogP contribution < -0.4 is 15.1 Å². The number of nitrogens with zero attached hydrogens (tertiary/aromatic N) is 3. The lowest BCUT2D eigenvalue weighted by Gasteiger charge is -2.37. The van der Waals surface area contributed by atoms with Gasteiger partial charge in [0.2, 0.25) is 5.91 Å². The second kappa shape index (κ2) is 12.1. The minimum absolute atomic E-state index is 0. The number of nitrogens with one attached hydrogen (secondary N) is 1. The summed E-state index contributed by atoms with van der Waals surface area (Å²) in [5.41, 5.74) is 5.16. The molecule has 10 heteroatoms. The van der Waals surface area contributed by atoms with Crippen LogP contribution in [0.25, 0.3) is 10.9 Å². The Labute approximate surface area is 217 Å². The monoisotopic (exact) mass is 526 g/mol. The zero-order chi connectivity index (χ0) is 22.1. The van der Waals surface area contributed by atoms with Crippen molar-refractivity contribution < 1.29 is 14.7 Å². The topological polar surface area (TPSA) is 85.8 Å². The fraction of sp³-hybridized carbons (Fsp3) is 0.292. The van der Waals surface area contributed by atoms with Crippen molar-refractivity contribution in [2.75, 3.05) is 41.3 Å². The Hall–Kier alpha value is -2.74. The third kappa shape index (κ3) is 6.03. The van der Waals surface area contributed by atoms with Crippen LogP contribution in [0.3, 0.4) is 0 Å². The number of benzene rings is 2. The number of pyridine rings is 1. The lowest BCUT2D eigenvalue weighted by atomic mass is 10.1. The molecule has 1 aliphatic rings. The van der Waals surface area contributed by atoms with Gasteiger partial charge in [0.25, 0.3) is 0 Å². The third-order valence-electron chi connectivity index (χ3n) is 5.87. The number of rotatable bonds is 4. The molecule has 1 aliphatic heterocycles. The van der Waals surface area contributed by atoms with Gasteiger partial charge in [-0.3, -0.25) is 4.79 Å². The highest BCUT2D eigenvalue weighted by molar-refractivity contribution is 6.05. The maximum absolute atomic E-state index is 11.9. The smallest absolute Gasteiger partial charge is 0.336 e. The zero-order valence-corrected chi connectivity index (χ0v) is 21.6. The van der Waals surface area contributed by atoms with E-state index >= 15 is 0 Å². The highest BCUT2D eigenvalue weighted by atomic mass is 35.5. The van der Waals surface area contributed by atoms with Gasteiger partial charge in [0, 0.05) is 49.9 Å². The van der Waals surface area contributed by atoms with Crippen LogP contribution >= 0.6 is 37.2 Å². The van der Waals surface area contributed by atoms with E-state index in [-0.39, 0.29) is 48.7 Å². The highest BCUT2D eigenvalue weighted by Gasteiger charge is 2.22. The van der Waals surface area contributed by atoms with Gasteiger partial charge in [-0.1, -0.05) is 12.1 Å². The number of aromatic carboxylic acids is 1. The second-order valence-corrected chi connectivity index (χ2v) is 7.94. The molecule has 0 bridgehead atoms. The van der Waals surface area contributed by atoms with E-state index in [0.717, 1.165) is 26.2 Å². The average Bonchev–Trinajstić information content (AvgIpc) is 2.74. The standard InChI is InChI=1S/C24H26N4O3.3ClH/c1-15-5-4-6-22(16(15)2)27-9-11-28(12-10-27)23-14-20(24(30)31)19-13-18(25-17(3)29)7-8-21(19)26-23;;;/h4-8,13-14H,9-12H2,1-3H3,(H,25,29)(H,30,31);3*1H. The predicted molar refractivity (Wildman–Crippen MR) is 145 cm³/mol. The van der Waals surface area contributed by atoms with Crippen LogP contribution in [0.4, 0.5) is 17.2 Å². The summed E-state index contributed by atoms with van der Waals surface area (Å²) in [4.78, 5) is 32.5. The van der Waals surface area contributed by atoms with Crippen LogP contribution in [-0.2, 0) is 4.79 Å². The molecule has 1 amide bonds. The van der Waals surface area contributed by atoms with Gasteiger partial charge in [-0.05, 0) is 55.3 Å². The van der Waals surface area contributed by atoms with E-state index in [0.29, 0.717) is 22.4 Å². The maximum Gasteiger partial charge on any atom is 0.336 e. The fourth-order valence-electron chi connectivity index (χ4n) is 4.09. The summed E-state index contributed by atoms with van der Waals surface area (Å²) in [5.74, 6) is -0.553. The average molecular weight is 528 g/mol. The molecule has 1 fully saturated rings. The van der Waals surface area contributed by atoms with Gasteiger partial charge in [0.15, 0.2) is 0 Å². The predicted octanol–water partition coefficient (Wildman–Crippen LogP) is 5.10. The summed E-state index contributed by atoms with van der Waals surface area (Å²) in [6, 6.07) is 13.2. The maximum atomic E-state index is 11.9. The number of amides is 1. The van der Waals surface area contributed by atoms with E-state index in [9.17, 15) is 14.7 Å². The molecular weight excluding hydrogens is 499 g/mol. The van der Waals surface area contributed by atoms with Crippen molar-refractivity contribution in [3.63, 3.8) is 0 Å². The first-order chi connectivity index (χ1) is 14.8. The quantitative estimate of drug-likeness (QED) is 0.491. The highest BCUT2D eigenvalue weighted by Crippen LogP contribution is 2.28. The Bertz CT molecular complexity index is 1180. The van der Waals surface area contributed by atoms with E-state index in [1.807, 2.05) is 0 Å². The summed E-state index contributed by atoms with van der Waals surface area (Å²) in [6.45, 7) is 8.89. The third-order valence-corrected chi connectivity index (χ3v) is 5.87. The number of carboxylic acid groups (broad SMARTS) is 1. The van der Waals surface area contributed by atoms with Crippen LogP contribution in [0.15, 0.2) is 42.5 Å². The lowest BCUT2D eigenvalue weighted by molar-refractivity contribution is -0.114. The molecule has 2 aromatic carbocycles. The molecule has 1 aromatic heterocycles. The number of piperazine rings is 1. The largest absolute Gasteiger partial charge is 0.478 e. The Morgan fingerprint density at radius 2 is 1.59 bits per heavy atom. The Balaban J connectivity index is 0.00000193. The first-order valence-electron chi connectivity index (χ1n) is 10.4. The van der Waals surface area contributed by atoms with Crippen LogP contribution in [0.5, 0.6) is 0 Å².